The molecule has 6 nitrogen and oxygen atoms in total. The van der Waals surface area contributed by atoms with Crippen molar-refractivity contribution in [2.45, 2.75) is 62.5 Å². The van der Waals surface area contributed by atoms with Crippen LogP contribution in [0.25, 0.3) is 0 Å². The first-order chi connectivity index (χ1) is 11.7. The molecule has 2 saturated heterocycles. The number of hydrogen-bond donors (Lipinski definition) is 3. The molecule has 2 fully saturated rings. The average Bonchev–Trinajstić information content (AvgIpc) is 3.19. The van der Waals surface area contributed by atoms with Gasteiger partial charge in [0.1, 0.15) is 18.3 Å². The van der Waals surface area contributed by atoms with E-state index in [1.807, 2.05) is 30.3 Å². The first-order valence-corrected chi connectivity index (χ1v) is 8.58. The smallest absolute Gasteiger partial charge is 0.113 e. The first kappa shape index (κ1) is 17.8. The van der Waals surface area contributed by atoms with Crippen molar-refractivity contribution < 1.29 is 29.5 Å². The SMILES string of the molecule is OC[C@@H]1CC[C@H]([C@H]2O[C@H](CCOCc3ccccc3)[C@H](O)[C@H]2O)O1. The van der Waals surface area contributed by atoms with Gasteiger partial charge in [0.15, 0.2) is 0 Å². The summed E-state index contributed by atoms with van der Waals surface area (Å²) in [5.41, 5.74) is 1.10. The van der Waals surface area contributed by atoms with Crippen LogP contribution in [0.5, 0.6) is 0 Å². The van der Waals surface area contributed by atoms with E-state index < -0.39 is 24.4 Å². The Labute approximate surface area is 142 Å². The van der Waals surface area contributed by atoms with Crippen molar-refractivity contribution in [3.05, 3.63) is 35.9 Å². The van der Waals surface area contributed by atoms with Gasteiger partial charge in [0, 0.05) is 6.61 Å². The summed E-state index contributed by atoms with van der Waals surface area (Å²) in [6.07, 6.45) is -1.41. The third kappa shape index (κ3) is 4.14. The van der Waals surface area contributed by atoms with E-state index in [4.69, 9.17) is 19.3 Å². The highest BCUT2D eigenvalue weighted by Gasteiger charge is 2.48. The Kier molecular flexibility index (Phi) is 6.21. The Morgan fingerprint density at radius 1 is 1.04 bits per heavy atom. The van der Waals surface area contributed by atoms with Gasteiger partial charge in [-0.25, -0.2) is 0 Å². The number of aliphatic hydroxyl groups is 3. The van der Waals surface area contributed by atoms with E-state index in [1.54, 1.807) is 0 Å². The second-order valence-corrected chi connectivity index (χ2v) is 6.50. The van der Waals surface area contributed by atoms with Gasteiger partial charge < -0.3 is 29.5 Å². The van der Waals surface area contributed by atoms with Gasteiger partial charge in [0.2, 0.25) is 0 Å². The van der Waals surface area contributed by atoms with Gasteiger partial charge >= 0.3 is 0 Å². The van der Waals surface area contributed by atoms with Gasteiger partial charge in [0.05, 0.1) is 31.5 Å². The number of rotatable bonds is 7. The zero-order valence-electron chi connectivity index (χ0n) is 13.7. The van der Waals surface area contributed by atoms with E-state index in [-0.39, 0.29) is 18.8 Å². The van der Waals surface area contributed by atoms with Crippen LogP contribution in [0, 0.1) is 0 Å². The summed E-state index contributed by atoms with van der Waals surface area (Å²) < 4.78 is 17.1. The minimum atomic E-state index is -0.966. The minimum absolute atomic E-state index is 0.0291. The molecule has 2 aliphatic rings. The maximum atomic E-state index is 10.2. The third-order valence-electron chi connectivity index (χ3n) is 4.77. The van der Waals surface area contributed by atoms with Gasteiger partial charge in [0.25, 0.3) is 0 Å². The topological polar surface area (TPSA) is 88.4 Å². The van der Waals surface area contributed by atoms with Gasteiger partial charge in [-0.05, 0) is 24.8 Å². The highest BCUT2D eigenvalue weighted by Crippen LogP contribution is 2.32. The van der Waals surface area contributed by atoms with E-state index >= 15 is 0 Å². The highest BCUT2D eigenvalue weighted by atomic mass is 16.6. The van der Waals surface area contributed by atoms with Crippen LogP contribution in [0.15, 0.2) is 30.3 Å². The fraction of sp³-hybridized carbons (Fsp3) is 0.667. The van der Waals surface area contributed by atoms with Gasteiger partial charge in [-0.3, -0.25) is 0 Å². The van der Waals surface area contributed by atoms with Gasteiger partial charge in [-0.15, -0.1) is 0 Å². The Morgan fingerprint density at radius 2 is 1.83 bits per heavy atom. The summed E-state index contributed by atoms with van der Waals surface area (Å²) in [6, 6.07) is 9.88. The maximum absolute atomic E-state index is 10.2. The fourth-order valence-electron chi connectivity index (χ4n) is 3.40. The average molecular weight is 338 g/mol. The number of benzene rings is 1. The Balaban J connectivity index is 1.43. The monoisotopic (exact) mass is 338 g/mol. The van der Waals surface area contributed by atoms with E-state index in [9.17, 15) is 10.2 Å². The molecule has 0 aliphatic carbocycles. The summed E-state index contributed by atoms with van der Waals surface area (Å²) in [7, 11) is 0. The van der Waals surface area contributed by atoms with Crippen LogP contribution in [0.4, 0.5) is 0 Å². The second kappa shape index (κ2) is 8.38. The molecule has 0 spiro atoms. The van der Waals surface area contributed by atoms with Crippen LogP contribution >= 0.6 is 0 Å². The van der Waals surface area contributed by atoms with Crippen LogP contribution < -0.4 is 0 Å². The molecule has 6 atom stereocenters. The fourth-order valence-corrected chi connectivity index (χ4v) is 3.40. The molecular formula is C18H26O6. The zero-order valence-corrected chi connectivity index (χ0v) is 13.7. The number of ether oxygens (including phenoxy) is 3. The highest BCUT2D eigenvalue weighted by molar-refractivity contribution is 5.13. The normalized spacial score (nSPS) is 36.3. The second-order valence-electron chi connectivity index (χ2n) is 6.50. The molecule has 0 aromatic heterocycles. The molecule has 3 rings (SSSR count). The molecule has 0 saturated carbocycles. The lowest BCUT2D eigenvalue weighted by atomic mass is 10.0. The Morgan fingerprint density at radius 3 is 2.54 bits per heavy atom. The van der Waals surface area contributed by atoms with Gasteiger partial charge in [-0.1, -0.05) is 30.3 Å². The number of aliphatic hydroxyl groups excluding tert-OH is 3. The summed E-state index contributed by atoms with van der Waals surface area (Å²) in [4.78, 5) is 0. The molecule has 2 aliphatic heterocycles. The van der Waals surface area contributed by atoms with Crippen LogP contribution in [0.3, 0.4) is 0 Å². The molecule has 134 valence electrons. The van der Waals surface area contributed by atoms with Crippen molar-refractivity contribution >= 4 is 0 Å². The standard InChI is InChI=1S/C18H26O6/c19-10-13-6-7-15(23-13)18-17(21)16(20)14(24-18)8-9-22-11-12-4-2-1-3-5-12/h1-5,13-21H,6-11H2/t13-,14+,15+,16-,17+,18+/m0/s1. The molecule has 6 heteroatoms. The van der Waals surface area contributed by atoms with E-state index in [0.29, 0.717) is 19.6 Å². The summed E-state index contributed by atoms with van der Waals surface area (Å²) in [6.45, 7) is 0.930. The lowest BCUT2D eigenvalue weighted by molar-refractivity contribution is -0.0991. The lowest BCUT2D eigenvalue weighted by Gasteiger charge is -2.22. The molecular weight excluding hydrogens is 312 g/mol. The molecule has 0 unspecified atom stereocenters. The molecule has 2 heterocycles. The molecule has 1 aromatic rings. The van der Waals surface area contributed by atoms with Crippen molar-refractivity contribution in [3.8, 4) is 0 Å². The molecule has 1 aromatic carbocycles. The molecule has 24 heavy (non-hydrogen) atoms. The summed E-state index contributed by atoms with van der Waals surface area (Å²) >= 11 is 0. The van der Waals surface area contributed by atoms with E-state index in [2.05, 4.69) is 0 Å². The predicted octanol–water partition coefficient (Wildman–Crippen LogP) is 0.622. The molecule has 3 N–H and O–H groups in total. The van der Waals surface area contributed by atoms with Gasteiger partial charge in [-0.2, -0.15) is 0 Å². The van der Waals surface area contributed by atoms with Crippen LogP contribution in [-0.2, 0) is 20.8 Å². The summed E-state index contributed by atoms with van der Waals surface area (Å²) in [5, 5.41) is 29.6. The maximum Gasteiger partial charge on any atom is 0.113 e. The van der Waals surface area contributed by atoms with E-state index in [1.165, 1.54) is 0 Å². The third-order valence-corrected chi connectivity index (χ3v) is 4.77. The Hall–Kier alpha value is -1.02. The van der Waals surface area contributed by atoms with E-state index in [0.717, 1.165) is 18.4 Å². The van der Waals surface area contributed by atoms with Crippen molar-refractivity contribution in [2.75, 3.05) is 13.2 Å². The van der Waals surface area contributed by atoms with Crippen LogP contribution in [0.1, 0.15) is 24.8 Å². The van der Waals surface area contributed by atoms with Crippen molar-refractivity contribution in [2.24, 2.45) is 0 Å². The van der Waals surface area contributed by atoms with Crippen molar-refractivity contribution in [1.82, 2.24) is 0 Å². The van der Waals surface area contributed by atoms with Crippen LogP contribution in [0.2, 0.25) is 0 Å². The molecule has 0 bridgehead atoms. The predicted molar refractivity (Wildman–Crippen MR) is 86.4 cm³/mol. The molecule has 0 radical (unpaired) electrons. The zero-order chi connectivity index (χ0) is 16.9. The lowest BCUT2D eigenvalue weighted by Crippen LogP contribution is -2.39. The van der Waals surface area contributed by atoms with Crippen molar-refractivity contribution in [3.63, 3.8) is 0 Å². The van der Waals surface area contributed by atoms with Crippen molar-refractivity contribution in [1.29, 1.82) is 0 Å². The van der Waals surface area contributed by atoms with Crippen LogP contribution in [-0.4, -0.2) is 65.2 Å². The first-order valence-electron chi connectivity index (χ1n) is 8.58. The minimum Gasteiger partial charge on any atom is -0.394 e. The molecule has 0 amide bonds. The quantitative estimate of drug-likeness (QED) is 0.632. The summed E-state index contributed by atoms with van der Waals surface area (Å²) in [5.74, 6) is 0. The Bertz CT molecular complexity index is 496. The largest absolute Gasteiger partial charge is 0.394 e. The number of hydrogen-bond acceptors (Lipinski definition) is 6.